The van der Waals surface area contributed by atoms with Crippen molar-refractivity contribution in [2.75, 3.05) is 25.1 Å². The lowest BCUT2D eigenvalue weighted by atomic mass is 10.00. The Kier molecular flexibility index (Phi) is 9.23. The standard InChI is InChI=1S/C26H31N3O6/c1-4-14-29-24-20(12-8-13-27-24)22(23(25(29)31)28-26(32)33-6-3)18-10-7-11-19(17-18)34-15-9-16-35-21(30)5-2/h7-8,10-13,17H,4-6,9,14-16H2,1-3H3,(H,28,32). The molecule has 0 aliphatic carbocycles. The van der Waals surface area contributed by atoms with Gasteiger partial charge in [-0.05, 0) is 43.2 Å². The number of carbonyl (C=O) groups is 2. The molecule has 35 heavy (non-hydrogen) atoms. The number of anilines is 1. The van der Waals surface area contributed by atoms with Gasteiger partial charge in [0.2, 0.25) is 0 Å². The molecule has 0 atom stereocenters. The smallest absolute Gasteiger partial charge is 0.411 e. The van der Waals surface area contributed by atoms with Gasteiger partial charge in [0.05, 0.1) is 19.8 Å². The lowest BCUT2D eigenvalue weighted by molar-refractivity contribution is -0.143. The number of esters is 1. The molecule has 0 aliphatic heterocycles. The largest absolute Gasteiger partial charge is 0.493 e. The van der Waals surface area contributed by atoms with E-state index in [1.807, 2.05) is 25.1 Å². The summed E-state index contributed by atoms with van der Waals surface area (Å²) >= 11 is 0. The molecular weight excluding hydrogens is 450 g/mol. The Hall–Kier alpha value is -3.88. The third-order valence-corrected chi connectivity index (χ3v) is 5.20. The van der Waals surface area contributed by atoms with Gasteiger partial charge in [0.25, 0.3) is 5.56 Å². The van der Waals surface area contributed by atoms with E-state index in [2.05, 4.69) is 10.3 Å². The second-order valence-corrected chi connectivity index (χ2v) is 7.73. The van der Waals surface area contributed by atoms with Gasteiger partial charge in [0, 0.05) is 36.5 Å². The number of hydrogen-bond donors (Lipinski definition) is 1. The molecule has 3 aromatic rings. The predicted octanol–water partition coefficient (Wildman–Crippen LogP) is 4.76. The number of nitrogens with zero attached hydrogens (tertiary/aromatic N) is 2. The van der Waals surface area contributed by atoms with Crippen molar-refractivity contribution in [3.63, 3.8) is 0 Å². The molecule has 1 amide bonds. The molecule has 0 aliphatic rings. The van der Waals surface area contributed by atoms with Crippen LogP contribution >= 0.6 is 0 Å². The van der Waals surface area contributed by atoms with Crippen molar-refractivity contribution in [1.82, 2.24) is 9.55 Å². The molecule has 0 bridgehead atoms. The normalized spacial score (nSPS) is 10.7. The maximum atomic E-state index is 13.5. The molecular formula is C26H31N3O6. The van der Waals surface area contributed by atoms with Crippen molar-refractivity contribution in [2.24, 2.45) is 0 Å². The highest BCUT2D eigenvalue weighted by Crippen LogP contribution is 2.34. The molecule has 9 heteroatoms. The van der Waals surface area contributed by atoms with Gasteiger partial charge < -0.3 is 14.2 Å². The van der Waals surface area contributed by atoms with Crippen LogP contribution in [0, 0.1) is 0 Å². The number of fused-ring (bicyclic) bond motifs is 1. The summed E-state index contributed by atoms with van der Waals surface area (Å²) in [4.78, 5) is 41.6. The maximum absolute atomic E-state index is 13.5. The summed E-state index contributed by atoms with van der Waals surface area (Å²) in [5.41, 5.74) is 1.53. The second kappa shape index (κ2) is 12.5. The van der Waals surface area contributed by atoms with Crippen molar-refractivity contribution in [1.29, 1.82) is 0 Å². The summed E-state index contributed by atoms with van der Waals surface area (Å²) < 4.78 is 17.5. The molecule has 1 N–H and O–H groups in total. The summed E-state index contributed by atoms with van der Waals surface area (Å²) in [6.07, 6.45) is 2.55. The molecule has 1 aromatic carbocycles. The van der Waals surface area contributed by atoms with Crippen LogP contribution in [0.5, 0.6) is 5.75 Å². The monoisotopic (exact) mass is 481 g/mol. The van der Waals surface area contributed by atoms with Gasteiger partial charge >= 0.3 is 12.1 Å². The number of nitrogens with one attached hydrogen (secondary N) is 1. The minimum absolute atomic E-state index is 0.126. The van der Waals surface area contributed by atoms with Crippen LogP contribution in [-0.4, -0.2) is 41.4 Å². The number of ether oxygens (including phenoxy) is 3. The van der Waals surface area contributed by atoms with Crippen LogP contribution in [0.3, 0.4) is 0 Å². The van der Waals surface area contributed by atoms with Gasteiger partial charge in [-0.3, -0.25) is 19.5 Å². The molecule has 0 spiro atoms. The van der Waals surface area contributed by atoms with E-state index in [1.54, 1.807) is 42.8 Å². The Morgan fingerprint density at radius 3 is 2.63 bits per heavy atom. The zero-order chi connectivity index (χ0) is 25.2. The van der Waals surface area contributed by atoms with E-state index in [0.717, 1.165) is 11.8 Å². The highest BCUT2D eigenvalue weighted by Gasteiger charge is 2.21. The molecule has 9 nitrogen and oxygen atoms in total. The van der Waals surface area contributed by atoms with Crippen LogP contribution in [0.1, 0.15) is 40.0 Å². The fraction of sp³-hybridized carbons (Fsp3) is 0.385. The van der Waals surface area contributed by atoms with E-state index in [0.29, 0.717) is 48.5 Å². The van der Waals surface area contributed by atoms with E-state index >= 15 is 0 Å². The first-order valence-electron chi connectivity index (χ1n) is 11.8. The Labute approximate surface area is 204 Å². The first-order valence-corrected chi connectivity index (χ1v) is 11.8. The summed E-state index contributed by atoms with van der Waals surface area (Å²) in [6, 6.07) is 10.9. The molecule has 0 unspecified atom stereocenters. The zero-order valence-electron chi connectivity index (χ0n) is 20.3. The minimum atomic E-state index is -0.703. The zero-order valence-corrected chi connectivity index (χ0v) is 20.3. The van der Waals surface area contributed by atoms with Crippen molar-refractivity contribution in [3.8, 4) is 16.9 Å². The maximum Gasteiger partial charge on any atom is 0.411 e. The molecule has 0 saturated carbocycles. The summed E-state index contributed by atoms with van der Waals surface area (Å²) in [7, 11) is 0. The van der Waals surface area contributed by atoms with Crippen molar-refractivity contribution >= 4 is 28.8 Å². The Bertz CT molecular complexity index is 1240. The lowest BCUT2D eigenvalue weighted by Crippen LogP contribution is -2.28. The topological polar surface area (TPSA) is 109 Å². The van der Waals surface area contributed by atoms with E-state index in [4.69, 9.17) is 14.2 Å². The van der Waals surface area contributed by atoms with Gasteiger partial charge in [-0.1, -0.05) is 26.0 Å². The minimum Gasteiger partial charge on any atom is -0.493 e. The number of pyridine rings is 2. The van der Waals surface area contributed by atoms with E-state index < -0.39 is 6.09 Å². The molecule has 0 radical (unpaired) electrons. The summed E-state index contributed by atoms with van der Waals surface area (Å²) in [5, 5.41) is 3.37. The van der Waals surface area contributed by atoms with Crippen LogP contribution < -0.4 is 15.6 Å². The first-order chi connectivity index (χ1) is 17.0. The summed E-state index contributed by atoms with van der Waals surface area (Å²) in [5.74, 6) is 0.341. The van der Waals surface area contributed by atoms with Crippen molar-refractivity contribution in [2.45, 2.75) is 46.6 Å². The molecule has 2 heterocycles. The predicted molar refractivity (Wildman–Crippen MR) is 134 cm³/mol. The quantitative estimate of drug-likeness (QED) is 0.310. The number of aryl methyl sites for hydroxylation is 1. The molecule has 0 saturated heterocycles. The van der Waals surface area contributed by atoms with Crippen LogP contribution in [0.2, 0.25) is 0 Å². The molecule has 3 rings (SSSR count). The number of rotatable bonds is 11. The number of carbonyl (C=O) groups excluding carboxylic acids is 2. The fourth-order valence-electron chi connectivity index (χ4n) is 3.67. The van der Waals surface area contributed by atoms with Crippen LogP contribution in [0.25, 0.3) is 22.2 Å². The van der Waals surface area contributed by atoms with Crippen LogP contribution in [-0.2, 0) is 20.8 Å². The van der Waals surface area contributed by atoms with Crippen molar-refractivity contribution < 1.29 is 23.8 Å². The molecule has 186 valence electrons. The number of benzene rings is 1. The SMILES string of the molecule is CCCn1c(=O)c(NC(=O)OCC)c(-c2cccc(OCCCOC(=O)CC)c2)c2cccnc21. The third-order valence-electron chi connectivity index (χ3n) is 5.20. The lowest BCUT2D eigenvalue weighted by Gasteiger charge is -2.18. The van der Waals surface area contributed by atoms with Gasteiger partial charge in [-0.25, -0.2) is 9.78 Å². The van der Waals surface area contributed by atoms with Crippen molar-refractivity contribution in [3.05, 3.63) is 52.9 Å². The molecule has 0 fully saturated rings. The van der Waals surface area contributed by atoms with E-state index in [1.165, 1.54) is 0 Å². The Balaban J connectivity index is 2.01. The average molecular weight is 482 g/mol. The number of aromatic nitrogens is 2. The second-order valence-electron chi connectivity index (χ2n) is 7.73. The first kappa shape index (κ1) is 25.7. The average Bonchev–Trinajstić information content (AvgIpc) is 2.86. The van der Waals surface area contributed by atoms with Gasteiger partial charge in [-0.15, -0.1) is 0 Å². The Morgan fingerprint density at radius 2 is 1.89 bits per heavy atom. The highest BCUT2D eigenvalue weighted by molar-refractivity contribution is 6.03. The summed E-state index contributed by atoms with van der Waals surface area (Å²) in [6.45, 7) is 6.68. The molecule has 2 aromatic heterocycles. The van der Waals surface area contributed by atoms with E-state index in [9.17, 15) is 14.4 Å². The van der Waals surface area contributed by atoms with Crippen LogP contribution in [0.4, 0.5) is 10.5 Å². The third kappa shape index (κ3) is 6.38. The van der Waals surface area contributed by atoms with E-state index in [-0.39, 0.29) is 30.4 Å². The van der Waals surface area contributed by atoms with Gasteiger partial charge in [-0.2, -0.15) is 0 Å². The van der Waals surface area contributed by atoms with Gasteiger partial charge in [0.15, 0.2) is 0 Å². The fourth-order valence-corrected chi connectivity index (χ4v) is 3.67. The van der Waals surface area contributed by atoms with Crippen LogP contribution in [0.15, 0.2) is 47.4 Å². The Morgan fingerprint density at radius 1 is 1.06 bits per heavy atom. The highest BCUT2D eigenvalue weighted by atomic mass is 16.5. The number of amides is 1. The van der Waals surface area contributed by atoms with Gasteiger partial charge in [0.1, 0.15) is 17.1 Å². The number of hydrogen-bond acceptors (Lipinski definition) is 7.